The summed E-state index contributed by atoms with van der Waals surface area (Å²) in [4.78, 5) is 6.87. The van der Waals surface area contributed by atoms with Gasteiger partial charge in [-0.2, -0.15) is 4.98 Å². The van der Waals surface area contributed by atoms with Crippen molar-refractivity contribution in [1.82, 2.24) is 15.0 Å². The van der Waals surface area contributed by atoms with Crippen LogP contribution in [0.15, 0.2) is 28.8 Å². The maximum atomic E-state index is 5.88. The number of nitrogens with two attached hydrogens (primary N) is 1. The van der Waals surface area contributed by atoms with Crippen LogP contribution in [0.3, 0.4) is 0 Å². The Morgan fingerprint density at radius 2 is 2.14 bits per heavy atom. The Bertz CT molecular complexity index is 627. The molecule has 5 nitrogen and oxygen atoms in total. The summed E-state index contributed by atoms with van der Waals surface area (Å²) >= 11 is 5.88. The molecule has 2 heterocycles. The topological polar surface area (TPSA) is 68.2 Å². The summed E-state index contributed by atoms with van der Waals surface area (Å²) in [6, 6.07) is 7.43. The van der Waals surface area contributed by atoms with Crippen LogP contribution in [-0.2, 0) is 6.42 Å². The Morgan fingerprint density at radius 3 is 2.82 bits per heavy atom. The van der Waals surface area contributed by atoms with Gasteiger partial charge in [-0.15, -0.1) is 0 Å². The maximum Gasteiger partial charge on any atom is 0.228 e. The molecule has 0 amide bonds. The van der Waals surface area contributed by atoms with E-state index in [9.17, 15) is 0 Å². The van der Waals surface area contributed by atoms with Crippen LogP contribution in [0, 0.1) is 5.41 Å². The smallest absolute Gasteiger partial charge is 0.228 e. The quantitative estimate of drug-likeness (QED) is 0.917. The van der Waals surface area contributed by atoms with Crippen molar-refractivity contribution in [2.75, 3.05) is 26.2 Å². The van der Waals surface area contributed by atoms with Gasteiger partial charge in [0.15, 0.2) is 0 Å². The summed E-state index contributed by atoms with van der Waals surface area (Å²) in [5.41, 5.74) is 7.01. The minimum Gasteiger partial charge on any atom is -0.339 e. The van der Waals surface area contributed by atoms with E-state index in [1.54, 1.807) is 0 Å². The molecule has 2 aromatic rings. The SMILES string of the molecule is CC1(CN)CCN(CCc2nc(-c3ccc(Cl)cc3)no2)C1. The van der Waals surface area contributed by atoms with Crippen molar-refractivity contribution in [3.05, 3.63) is 35.2 Å². The Hall–Kier alpha value is -1.43. The summed E-state index contributed by atoms with van der Waals surface area (Å²) in [5, 5.41) is 4.74. The number of aromatic nitrogens is 2. The van der Waals surface area contributed by atoms with E-state index in [-0.39, 0.29) is 5.41 Å². The zero-order chi connectivity index (χ0) is 15.6. The lowest BCUT2D eigenvalue weighted by Crippen LogP contribution is -2.32. The van der Waals surface area contributed by atoms with Crippen LogP contribution in [0.1, 0.15) is 19.2 Å². The number of likely N-dealkylation sites (tertiary alicyclic amines) is 1. The first-order chi connectivity index (χ1) is 10.6. The zero-order valence-electron chi connectivity index (χ0n) is 12.8. The third-order valence-corrected chi connectivity index (χ3v) is 4.59. The van der Waals surface area contributed by atoms with E-state index in [0.717, 1.165) is 44.6 Å². The molecule has 1 unspecified atom stereocenters. The summed E-state index contributed by atoms with van der Waals surface area (Å²) < 4.78 is 5.34. The molecule has 1 aliphatic rings. The highest BCUT2D eigenvalue weighted by Gasteiger charge is 2.32. The summed E-state index contributed by atoms with van der Waals surface area (Å²) in [5.74, 6) is 1.28. The highest BCUT2D eigenvalue weighted by atomic mass is 35.5. The normalized spacial score (nSPS) is 22.3. The number of hydrogen-bond acceptors (Lipinski definition) is 5. The first kappa shape index (κ1) is 15.5. The minimum atomic E-state index is 0.253. The van der Waals surface area contributed by atoms with Crippen LogP contribution >= 0.6 is 11.6 Å². The molecule has 22 heavy (non-hydrogen) atoms. The van der Waals surface area contributed by atoms with Crippen molar-refractivity contribution >= 4 is 11.6 Å². The van der Waals surface area contributed by atoms with Crippen molar-refractivity contribution < 1.29 is 4.52 Å². The predicted molar refractivity (Wildman–Crippen MR) is 86.7 cm³/mol. The van der Waals surface area contributed by atoms with Crippen molar-refractivity contribution in [1.29, 1.82) is 0 Å². The van der Waals surface area contributed by atoms with Crippen molar-refractivity contribution in [2.24, 2.45) is 11.1 Å². The Labute approximate surface area is 135 Å². The second-order valence-corrected chi connectivity index (χ2v) is 6.75. The standard InChI is InChI=1S/C16H21ClN4O/c1-16(10-18)7-9-21(11-16)8-6-14-19-15(20-22-14)12-2-4-13(17)5-3-12/h2-5H,6-11,18H2,1H3. The molecule has 2 N–H and O–H groups in total. The molecule has 1 aromatic heterocycles. The molecular weight excluding hydrogens is 300 g/mol. The maximum absolute atomic E-state index is 5.88. The summed E-state index contributed by atoms with van der Waals surface area (Å²) in [7, 11) is 0. The number of halogens is 1. The highest BCUT2D eigenvalue weighted by molar-refractivity contribution is 6.30. The summed E-state index contributed by atoms with van der Waals surface area (Å²) in [6.45, 7) is 6.05. The van der Waals surface area contributed by atoms with E-state index >= 15 is 0 Å². The first-order valence-corrected chi connectivity index (χ1v) is 7.97. The number of benzene rings is 1. The molecule has 0 bridgehead atoms. The van der Waals surface area contributed by atoms with Gasteiger partial charge in [-0.3, -0.25) is 0 Å². The second kappa shape index (κ2) is 6.36. The van der Waals surface area contributed by atoms with Crippen LogP contribution in [0.4, 0.5) is 0 Å². The van der Waals surface area contributed by atoms with E-state index in [2.05, 4.69) is 22.0 Å². The van der Waals surface area contributed by atoms with Crippen LogP contribution in [-0.4, -0.2) is 41.2 Å². The van der Waals surface area contributed by atoms with Crippen LogP contribution < -0.4 is 5.73 Å². The Balaban J connectivity index is 1.57. The van der Waals surface area contributed by atoms with Gasteiger partial charge in [-0.1, -0.05) is 23.7 Å². The van der Waals surface area contributed by atoms with Gasteiger partial charge < -0.3 is 15.2 Å². The first-order valence-electron chi connectivity index (χ1n) is 7.59. The van der Waals surface area contributed by atoms with Gasteiger partial charge in [0.1, 0.15) is 0 Å². The van der Waals surface area contributed by atoms with E-state index in [0.29, 0.717) is 16.7 Å². The van der Waals surface area contributed by atoms with E-state index in [1.807, 2.05) is 24.3 Å². The number of hydrogen-bond donors (Lipinski definition) is 1. The third kappa shape index (κ3) is 3.48. The van der Waals surface area contributed by atoms with Crippen LogP contribution in [0.2, 0.25) is 5.02 Å². The Morgan fingerprint density at radius 1 is 1.36 bits per heavy atom. The lowest BCUT2D eigenvalue weighted by molar-refractivity contribution is 0.271. The number of rotatable bonds is 5. The van der Waals surface area contributed by atoms with Crippen molar-refractivity contribution in [2.45, 2.75) is 19.8 Å². The van der Waals surface area contributed by atoms with Crippen LogP contribution in [0.5, 0.6) is 0 Å². The molecule has 6 heteroatoms. The molecular formula is C16H21ClN4O. The monoisotopic (exact) mass is 320 g/mol. The van der Waals surface area contributed by atoms with Crippen LogP contribution in [0.25, 0.3) is 11.4 Å². The van der Waals surface area contributed by atoms with Gasteiger partial charge in [0.2, 0.25) is 11.7 Å². The molecule has 1 aromatic carbocycles. The van der Waals surface area contributed by atoms with Gasteiger partial charge in [-0.05, 0) is 49.2 Å². The van der Waals surface area contributed by atoms with Crippen molar-refractivity contribution in [3.63, 3.8) is 0 Å². The molecule has 1 atom stereocenters. The lowest BCUT2D eigenvalue weighted by Gasteiger charge is -2.22. The van der Waals surface area contributed by atoms with Crippen molar-refractivity contribution in [3.8, 4) is 11.4 Å². The average molecular weight is 321 g/mol. The molecule has 3 rings (SSSR count). The highest BCUT2D eigenvalue weighted by Crippen LogP contribution is 2.28. The fourth-order valence-corrected chi connectivity index (χ4v) is 2.94. The van der Waals surface area contributed by atoms with Gasteiger partial charge in [0.05, 0.1) is 0 Å². The predicted octanol–water partition coefficient (Wildman–Crippen LogP) is 2.60. The fraction of sp³-hybridized carbons (Fsp3) is 0.500. The molecule has 1 fully saturated rings. The fourth-order valence-electron chi connectivity index (χ4n) is 2.81. The average Bonchev–Trinajstić information content (AvgIpc) is 3.14. The molecule has 118 valence electrons. The third-order valence-electron chi connectivity index (χ3n) is 4.34. The second-order valence-electron chi connectivity index (χ2n) is 6.31. The van der Waals surface area contributed by atoms with Gasteiger partial charge in [0, 0.05) is 30.1 Å². The van der Waals surface area contributed by atoms with E-state index in [1.165, 1.54) is 0 Å². The summed E-state index contributed by atoms with van der Waals surface area (Å²) in [6.07, 6.45) is 1.92. The molecule has 1 aliphatic heterocycles. The van der Waals surface area contributed by atoms with Gasteiger partial charge in [0.25, 0.3) is 0 Å². The minimum absolute atomic E-state index is 0.253. The molecule has 0 spiro atoms. The van der Waals surface area contributed by atoms with E-state index < -0.39 is 0 Å². The van der Waals surface area contributed by atoms with Gasteiger partial charge in [-0.25, -0.2) is 0 Å². The van der Waals surface area contributed by atoms with Gasteiger partial charge >= 0.3 is 0 Å². The molecule has 0 aliphatic carbocycles. The zero-order valence-corrected chi connectivity index (χ0v) is 13.5. The number of nitrogens with zero attached hydrogens (tertiary/aromatic N) is 3. The largest absolute Gasteiger partial charge is 0.339 e. The molecule has 1 saturated heterocycles. The molecule has 0 radical (unpaired) electrons. The molecule has 0 saturated carbocycles. The Kier molecular flexibility index (Phi) is 4.47. The lowest BCUT2D eigenvalue weighted by atomic mass is 9.90. The van der Waals surface area contributed by atoms with E-state index in [4.69, 9.17) is 21.9 Å².